The lowest BCUT2D eigenvalue weighted by Crippen LogP contribution is -2.45. The van der Waals surface area contributed by atoms with Gasteiger partial charge < -0.3 is 15.4 Å². The molecule has 1 aromatic heterocycles. The number of fused-ring (bicyclic) bond motifs is 2. The first-order valence-corrected chi connectivity index (χ1v) is 11.8. The maximum absolute atomic E-state index is 11.9. The fourth-order valence-corrected chi connectivity index (χ4v) is 4.84. The Morgan fingerprint density at radius 2 is 1.86 bits per heavy atom. The number of likely N-dealkylation sites (N-methyl/N-ethyl adjacent to an activating group) is 1. The minimum atomic E-state index is -4.39. The predicted molar refractivity (Wildman–Crippen MR) is 130 cm³/mol. The number of ether oxygens (including phenoxy) is 1. The molecule has 2 saturated heterocycles. The first kappa shape index (κ1) is 27.1. The molecule has 6 nitrogen and oxygen atoms in total. The lowest BCUT2D eigenvalue weighted by atomic mass is 9.96. The molecule has 4 atom stereocenters. The highest BCUT2D eigenvalue weighted by molar-refractivity contribution is 5.71. The maximum Gasteiger partial charge on any atom is 0.417 e. The van der Waals surface area contributed by atoms with Crippen molar-refractivity contribution < 1.29 is 22.7 Å². The second kappa shape index (κ2) is 11.1. The monoisotopic (exact) mass is 492 g/mol. The van der Waals surface area contributed by atoms with Gasteiger partial charge in [-0.25, -0.2) is 0 Å². The number of carbonyl (C=O) groups is 1. The van der Waals surface area contributed by atoms with Crippen molar-refractivity contribution in [3.05, 3.63) is 58.4 Å². The van der Waals surface area contributed by atoms with Gasteiger partial charge in [0.1, 0.15) is 18.1 Å². The molecule has 1 aromatic carbocycles. The Balaban J connectivity index is 0.000000241. The lowest BCUT2D eigenvalue weighted by Gasteiger charge is -2.37. The number of likely N-dealkylation sites (tertiary alicyclic amines) is 2. The number of piperazine rings is 1. The van der Waals surface area contributed by atoms with Crippen LogP contribution in [0.3, 0.4) is 0 Å². The fourth-order valence-electron chi connectivity index (χ4n) is 4.84. The van der Waals surface area contributed by atoms with Crippen molar-refractivity contribution >= 4 is 6.29 Å². The number of nitrogens with two attached hydrogens (primary N) is 1. The number of hydrogen-bond acceptors (Lipinski definition) is 6. The van der Waals surface area contributed by atoms with Gasteiger partial charge in [-0.2, -0.15) is 13.2 Å². The molecule has 0 aliphatic carbocycles. The minimum Gasteiger partial charge on any atom is -0.492 e. The normalized spacial score (nSPS) is 21.9. The summed E-state index contributed by atoms with van der Waals surface area (Å²) < 4.78 is 41.5. The molecule has 2 aliphatic rings. The summed E-state index contributed by atoms with van der Waals surface area (Å²) in [5.74, 6) is 0.971. The van der Waals surface area contributed by atoms with E-state index in [0.717, 1.165) is 23.9 Å². The number of halogens is 3. The standard InChI is InChI=1S/C19H31N3O.C7H4F3NO/c1-12(20)11-23-19-7-6-18(13(2)14(19)3)15(4)22-10-16-8-17(22)9-21(16)5;8-7(9,10)5-1-2-6(4-12)11-3-5/h6-7,12,15-17H,8-11,20H2,1-5H3;1-4H/t12?,15-,16?,17?;/m0./s1. The van der Waals surface area contributed by atoms with Gasteiger partial charge in [0.2, 0.25) is 0 Å². The predicted octanol–water partition coefficient (Wildman–Crippen LogP) is 4.39. The first-order chi connectivity index (χ1) is 16.4. The van der Waals surface area contributed by atoms with Gasteiger partial charge in [0.25, 0.3) is 0 Å². The van der Waals surface area contributed by atoms with Crippen LogP contribution in [0.4, 0.5) is 13.2 Å². The van der Waals surface area contributed by atoms with E-state index in [4.69, 9.17) is 10.5 Å². The van der Waals surface area contributed by atoms with E-state index in [1.165, 1.54) is 36.2 Å². The summed E-state index contributed by atoms with van der Waals surface area (Å²) in [5, 5.41) is 0. The molecular weight excluding hydrogens is 457 g/mol. The van der Waals surface area contributed by atoms with E-state index in [1.807, 2.05) is 6.92 Å². The number of rotatable bonds is 6. The van der Waals surface area contributed by atoms with E-state index in [1.54, 1.807) is 0 Å². The Morgan fingerprint density at radius 3 is 2.34 bits per heavy atom. The number of aldehydes is 1. The fraction of sp³-hybridized carbons (Fsp3) is 0.538. The quantitative estimate of drug-likeness (QED) is 0.603. The van der Waals surface area contributed by atoms with Crippen LogP contribution in [0.25, 0.3) is 0 Å². The van der Waals surface area contributed by atoms with Gasteiger partial charge in [0.15, 0.2) is 6.29 Å². The van der Waals surface area contributed by atoms with Crippen molar-refractivity contribution in [1.29, 1.82) is 0 Å². The van der Waals surface area contributed by atoms with E-state index < -0.39 is 11.7 Å². The summed E-state index contributed by atoms with van der Waals surface area (Å²) in [6, 6.07) is 8.21. The van der Waals surface area contributed by atoms with Crippen molar-refractivity contribution in [2.45, 2.75) is 64.5 Å². The van der Waals surface area contributed by atoms with Crippen LogP contribution in [0.2, 0.25) is 0 Å². The topological polar surface area (TPSA) is 71.7 Å². The van der Waals surface area contributed by atoms with E-state index in [-0.39, 0.29) is 11.7 Å². The van der Waals surface area contributed by atoms with Crippen LogP contribution < -0.4 is 10.5 Å². The summed E-state index contributed by atoms with van der Waals surface area (Å²) in [7, 11) is 2.26. The highest BCUT2D eigenvalue weighted by Crippen LogP contribution is 2.38. The average molecular weight is 493 g/mol. The average Bonchev–Trinajstić information content (AvgIpc) is 3.39. The Labute approximate surface area is 205 Å². The molecule has 0 spiro atoms. The number of hydrogen-bond donors (Lipinski definition) is 1. The molecule has 0 saturated carbocycles. The molecule has 0 amide bonds. The molecule has 3 heterocycles. The van der Waals surface area contributed by atoms with Crippen molar-refractivity contribution in [3.63, 3.8) is 0 Å². The van der Waals surface area contributed by atoms with Crippen LogP contribution in [-0.4, -0.2) is 65.9 Å². The summed E-state index contributed by atoms with van der Waals surface area (Å²) >= 11 is 0. The summed E-state index contributed by atoms with van der Waals surface area (Å²) in [6.45, 7) is 11.7. The molecule has 2 bridgehead atoms. The zero-order chi connectivity index (χ0) is 25.9. The van der Waals surface area contributed by atoms with Gasteiger partial charge in [0.05, 0.1) is 5.56 Å². The smallest absolute Gasteiger partial charge is 0.417 e. The minimum absolute atomic E-state index is 0.0111. The van der Waals surface area contributed by atoms with Crippen molar-refractivity contribution in [2.75, 3.05) is 26.7 Å². The van der Waals surface area contributed by atoms with Crippen LogP contribution in [0.15, 0.2) is 30.5 Å². The molecule has 9 heteroatoms. The van der Waals surface area contributed by atoms with Crippen molar-refractivity contribution in [2.24, 2.45) is 5.73 Å². The lowest BCUT2D eigenvalue weighted by molar-refractivity contribution is -0.137. The third-order valence-corrected chi connectivity index (χ3v) is 7.02. The number of pyridine rings is 1. The zero-order valence-electron chi connectivity index (χ0n) is 21.0. The van der Waals surface area contributed by atoms with Gasteiger partial charge in [0, 0.05) is 43.5 Å². The van der Waals surface area contributed by atoms with Crippen LogP contribution in [-0.2, 0) is 6.18 Å². The van der Waals surface area contributed by atoms with Gasteiger partial charge in [-0.3, -0.25) is 14.7 Å². The van der Waals surface area contributed by atoms with Crippen molar-refractivity contribution in [1.82, 2.24) is 14.8 Å². The number of alkyl halides is 3. The van der Waals surface area contributed by atoms with E-state index in [2.05, 4.69) is 54.7 Å². The maximum atomic E-state index is 11.9. The Hall–Kier alpha value is -2.49. The van der Waals surface area contributed by atoms with Gasteiger partial charge in [-0.1, -0.05) is 6.07 Å². The third kappa shape index (κ3) is 6.39. The van der Waals surface area contributed by atoms with Gasteiger partial charge in [-0.15, -0.1) is 0 Å². The molecule has 0 radical (unpaired) electrons. The molecule has 4 rings (SSSR count). The molecule has 192 valence electrons. The molecule has 2 aromatic rings. The summed E-state index contributed by atoms with van der Waals surface area (Å²) in [4.78, 5) is 18.5. The van der Waals surface area contributed by atoms with Crippen molar-refractivity contribution in [3.8, 4) is 5.75 Å². The summed E-state index contributed by atoms with van der Waals surface area (Å²) in [6.07, 6.45) is -2.05. The van der Waals surface area contributed by atoms with Gasteiger partial charge in [-0.05, 0) is 76.1 Å². The molecule has 2 N–H and O–H groups in total. The molecular formula is C26H35F3N4O2. The molecule has 2 fully saturated rings. The molecule has 2 aliphatic heterocycles. The third-order valence-electron chi connectivity index (χ3n) is 7.02. The Bertz CT molecular complexity index is 1010. The Morgan fingerprint density at radius 1 is 1.14 bits per heavy atom. The number of carbonyl (C=O) groups excluding carboxylic acids is 1. The number of benzene rings is 1. The summed E-state index contributed by atoms with van der Waals surface area (Å²) in [5.41, 5.74) is 8.97. The second-order valence-electron chi connectivity index (χ2n) is 9.63. The van der Waals surface area contributed by atoms with Crippen LogP contribution in [0.5, 0.6) is 5.75 Å². The van der Waals surface area contributed by atoms with Crippen LogP contribution in [0, 0.1) is 13.8 Å². The van der Waals surface area contributed by atoms with E-state index in [0.29, 0.717) is 31.2 Å². The van der Waals surface area contributed by atoms with Crippen LogP contribution >= 0.6 is 0 Å². The largest absolute Gasteiger partial charge is 0.492 e. The number of aromatic nitrogens is 1. The second-order valence-corrected chi connectivity index (χ2v) is 9.63. The first-order valence-electron chi connectivity index (χ1n) is 11.8. The highest BCUT2D eigenvalue weighted by atomic mass is 19.4. The highest BCUT2D eigenvalue weighted by Gasteiger charge is 2.43. The van der Waals surface area contributed by atoms with Crippen LogP contribution in [0.1, 0.15) is 59.1 Å². The van der Waals surface area contributed by atoms with Gasteiger partial charge >= 0.3 is 6.18 Å². The molecule has 3 unspecified atom stereocenters. The SMILES string of the molecule is Cc1c(OCC(C)N)ccc([C@H](C)N2CC3CC2CN3C)c1C.O=Cc1ccc(C(F)(F)F)cn1. The zero-order valence-corrected chi connectivity index (χ0v) is 21.0. The Kier molecular flexibility index (Phi) is 8.56. The molecule has 35 heavy (non-hydrogen) atoms. The van der Waals surface area contributed by atoms with E-state index >= 15 is 0 Å². The number of nitrogens with zero attached hydrogens (tertiary/aromatic N) is 3. The van der Waals surface area contributed by atoms with E-state index in [9.17, 15) is 18.0 Å².